The summed E-state index contributed by atoms with van der Waals surface area (Å²) in [5, 5.41) is 1.29. The molecule has 1 aliphatic heterocycles. The van der Waals surface area contributed by atoms with Gasteiger partial charge in [-0.25, -0.2) is 4.98 Å². The topological polar surface area (TPSA) is 30.3 Å². The van der Waals surface area contributed by atoms with Gasteiger partial charge in [-0.15, -0.1) is 0 Å². The molecule has 3 aromatic rings. The van der Waals surface area contributed by atoms with Gasteiger partial charge in [0.25, 0.3) is 0 Å². The lowest BCUT2D eigenvalue weighted by atomic mass is 10.1. The minimum Gasteiger partial charge on any atom is -0.379 e. The van der Waals surface area contributed by atoms with Crippen molar-refractivity contribution in [1.82, 2.24) is 14.5 Å². The van der Waals surface area contributed by atoms with Crippen molar-refractivity contribution in [3.63, 3.8) is 0 Å². The highest BCUT2D eigenvalue weighted by Crippen LogP contribution is 2.27. The van der Waals surface area contributed by atoms with Gasteiger partial charge in [0.2, 0.25) is 0 Å². The molecule has 0 saturated carbocycles. The lowest BCUT2D eigenvalue weighted by Crippen LogP contribution is -2.37. The number of fused-ring (bicyclic) bond motifs is 1. The van der Waals surface area contributed by atoms with E-state index in [0.29, 0.717) is 0 Å². The van der Waals surface area contributed by atoms with Crippen molar-refractivity contribution >= 4 is 33.6 Å². The molecule has 0 atom stereocenters. The molecule has 0 aliphatic carbocycles. The van der Waals surface area contributed by atoms with Gasteiger partial charge >= 0.3 is 0 Å². The zero-order valence-corrected chi connectivity index (χ0v) is 16.4. The number of hydrogen-bond acceptors (Lipinski definition) is 3. The fraction of sp³-hybridized carbons (Fsp3) is 0.350. The van der Waals surface area contributed by atoms with Crippen LogP contribution >= 0.6 is 22.6 Å². The third-order valence-electron chi connectivity index (χ3n) is 4.82. The predicted octanol–water partition coefficient (Wildman–Crippen LogP) is 3.56. The Morgan fingerprint density at radius 1 is 1.04 bits per heavy atom. The van der Waals surface area contributed by atoms with E-state index < -0.39 is 0 Å². The maximum atomic E-state index is 5.46. The van der Waals surface area contributed by atoms with Gasteiger partial charge in [0, 0.05) is 31.2 Å². The van der Waals surface area contributed by atoms with E-state index in [-0.39, 0.29) is 0 Å². The van der Waals surface area contributed by atoms with Crippen molar-refractivity contribution in [1.29, 1.82) is 0 Å². The van der Waals surface area contributed by atoms with Crippen LogP contribution in [0.3, 0.4) is 0 Å². The van der Waals surface area contributed by atoms with Crippen molar-refractivity contribution in [2.45, 2.75) is 13.0 Å². The quantitative estimate of drug-likeness (QED) is 0.561. The van der Waals surface area contributed by atoms with E-state index in [1.165, 1.54) is 20.2 Å². The van der Waals surface area contributed by atoms with Gasteiger partial charge < -0.3 is 9.30 Å². The highest BCUT2D eigenvalue weighted by Gasteiger charge is 2.18. The van der Waals surface area contributed by atoms with Gasteiger partial charge in [0.1, 0.15) is 5.65 Å². The fourth-order valence-corrected chi connectivity index (χ4v) is 4.42. The number of aromatic nitrogens is 2. The molecule has 4 rings (SSSR count). The monoisotopic (exact) mass is 447 g/mol. The molecule has 130 valence electrons. The van der Waals surface area contributed by atoms with Gasteiger partial charge in [-0.2, -0.15) is 0 Å². The Balaban J connectivity index is 1.63. The molecular weight excluding hydrogens is 425 g/mol. The number of pyridine rings is 1. The number of benzene rings is 1. The van der Waals surface area contributed by atoms with Crippen LogP contribution in [0.4, 0.5) is 0 Å². The highest BCUT2D eigenvalue weighted by atomic mass is 127. The van der Waals surface area contributed by atoms with Crippen molar-refractivity contribution in [3.8, 4) is 0 Å². The second-order valence-electron chi connectivity index (χ2n) is 6.42. The Morgan fingerprint density at radius 2 is 1.84 bits per heavy atom. The van der Waals surface area contributed by atoms with Gasteiger partial charge in [0.05, 0.1) is 23.5 Å². The molecule has 0 spiro atoms. The molecule has 1 fully saturated rings. The minimum absolute atomic E-state index is 0.856. The van der Waals surface area contributed by atoms with E-state index in [9.17, 15) is 0 Å². The number of hydrogen-bond donors (Lipinski definition) is 0. The maximum absolute atomic E-state index is 5.46. The molecule has 25 heavy (non-hydrogen) atoms. The zero-order valence-electron chi connectivity index (χ0n) is 14.2. The van der Waals surface area contributed by atoms with Crippen LogP contribution in [0.2, 0.25) is 0 Å². The Hall–Kier alpha value is -1.44. The molecule has 1 aromatic carbocycles. The smallest absolute Gasteiger partial charge is 0.141 e. The summed E-state index contributed by atoms with van der Waals surface area (Å²) >= 11 is 2.49. The van der Waals surface area contributed by atoms with Crippen molar-refractivity contribution in [2.75, 3.05) is 32.8 Å². The first-order valence-electron chi connectivity index (χ1n) is 8.78. The molecule has 5 heteroatoms. The standard InChI is InChI=1S/C20H22IN3O/c21-19-17(8-10-23-11-13-25-14-12-23)18-7-4-9-22-20(18)24(19)15-16-5-2-1-3-6-16/h1-7,9H,8,10-15H2. The molecule has 0 unspecified atom stereocenters. The van der Waals surface area contributed by atoms with E-state index in [4.69, 9.17) is 4.74 Å². The Kier molecular flexibility index (Phi) is 5.33. The third-order valence-corrected chi connectivity index (χ3v) is 6.05. The lowest BCUT2D eigenvalue weighted by Gasteiger charge is -2.26. The Labute approximate surface area is 161 Å². The van der Waals surface area contributed by atoms with Crippen LogP contribution in [-0.4, -0.2) is 47.3 Å². The largest absolute Gasteiger partial charge is 0.379 e. The number of rotatable bonds is 5. The van der Waals surface area contributed by atoms with E-state index in [1.807, 2.05) is 12.3 Å². The number of ether oxygens (including phenoxy) is 1. The molecule has 4 nitrogen and oxygen atoms in total. The summed E-state index contributed by atoms with van der Waals surface area (Å²) in [4.78, 5) is 7.17. The van der Waals surface area contributed by atoms with Gasteiger partial charge in [0.15, 0.2) is 0 Å². The van der Waals surface area contributed by atoms with Crippen LogP contribution in [0.25, 0.3) is 11.0 Å². The third kappa shape index (κ3) is 3.73. The van der Waals surface area contributed by atoms with E-state index in [1.54, 1.807) is 0 Å². The van der Waals surface area contributed by atoms with Crippen LogP contribution in [0.1, 0.15) is 11.1 Å². The molecular formula is C20H22IN3O. The second kappa shape index (κ2) is 7.85. The summed E-state index contributed by atoms with van der Waals surface area (Å²) in [5.74, 6) is 0. The zero-order chi connectivity index (χ0) is 17.1. The predicted molar refractivity (Wildman–Crippen MR) is 109 cm³/mol. The Morgan fingerprint density at radius 3 is 2.64 bits per heavy atom. The van der Waals surface area contributed by atoms with Crippen LogP contribution in [-0.2, 0) is 17.7 Å². The fourth-order valence-electron chi connectivity index (χ4n) is 3.46. The van der Waals surface area contributed by atoms with Crippen molar-refractivity contribution in [3.05, 3.63) is 63.5 Å². The van der Waals surface area contributed by atoms with Gasteiger partial charge in [-0.3, -0.25) is 4.90 Å². The van der Waals surface area contributed by atoms with Crippen LogP contribution in [0.5, 0.6) is 0 Å². The molecule has 1 aliphatic rings. The highest BCUT2D eigenvalue weighted by molar-refractivity contribution is 14.1. The summed E-state index contributed by atoms with van der Waals surface area (Å²) < 4.78 is 9.11. The normalized spacial score (nSPS) is 15.7. The molecule has 3 heterocycles. The average Bonchev–Trinajstić information content (AvgIpc) is 2.93. The summed E-state index contributed by atoms with van der Waals surface area (Å²) in [5.41, 5.74) is 3.82. The summed E-state index contributed by atoms with van der Waals surface area (Å²) in [6, 6.07) is 14.9. The number of morpholine rings is 1. The molecule has 2 aromatic heterocycles. The molecule has 1 saturated heterocycles. The van der Waals surface area contributed by atoms with E-state index >= 15 is 0 Å². The first-order chi connectivity index (χ1) is 12.3. The van der Waals surface area contributed by atoms with Gasteiger partial charge in [-0.1, -0.05) is 30.3 Å². The van der Waals surface area contributed by atoms with Crippen LogP contribution < -0.4 is 0 Å². The minimum atomic E-state index is 0.856. The summed E-state index contributed by atoms with van der Waals surface area (Å²) in [6.07, 6.45) is 2.95. The first kappa shape index (κ1) is 17.0. The van der Waals surface area contributed by atoms with E-state index in [0.717, 1.165) is 51.5 Å². The van der Waals surface area contributed by atoms with Crippen molar-refractivity contribution in [2.24, 2.45) is 0 Å². The molecule has 0 amide bonds. The van der Waals surface area contributed by atoms with Crippen LogP contribution in [0, 0.1) is 3.70 Å². The number of halogens is 1. The molecule has 0 N–H and O–H groups in total. The second-order valence-corrected chi connectivity index (χ2v) is 7.44. The summed E-state index contributed by atoms with van der Waals surface area (Å²) in [6.45, 7) is 5.74. The number of nitrogens with zero attached hydrogens (tertiary/aromatic N) is 3. The maximum Gasteiger partial charge on any atom is 0.141 e. The Bertz CT molecular complexity index is 841. The summed E-state index contributed by atoms with van der Waals surface area (Å²) in [7, 11) is 0. The lowest BCUT2D eigenvalue weighted by molar-refractivity contribution is 0.0384. The average molecular weight is 447 g/mol. The van der Waals surface area contributed by atoms with Crippen LogP contribution in [0.15, 0.2) is 48.7 Å². The SMILES string of the molecule is Ic1c(CCN2CCOCC2)c2cccnc2n1Cc1ccccc1. The van der Waals surface area contributed by atoms with E-state index in [2.05, 4.69) is 73.4 Å². The molecule has 0 radical (unpaired) electrons. The van der Waals surface area contributed by atoms with Crippen molar-refractivity contribution < 1.29 is 4.74 Å². The van der Waals surface area contributed by atoms with Gasteiger partial charge in [-0.05, 0) is 52.3 Å². The first-order valence-corrected chi connectivity index (χ1v) is 9.86. The molecule has 0 bridgehead atoms.